The Kier molecular flexibility index (Phi) is 10.6. The number of fused-ring (bicyclic) bond motifs is 1. The summed E-state index contributed by atoms with van der Waals surface area (Å²) in [5.41, 5.74) is -0.470. The van der Waals surface area contributed by atoms with Gasteiger partial charge < -0.3 is 29.7 Å². The van der Waals surface area contributed by atoms with Crippen molar-refractivity contribution in [3.05, 3.63) is 61.2 Å². The summed E-state index contributed by atoms with van der Waals surface area (Å²) in [6.45, 7) is 10.0. The molecule has 1 spiro atoms. The van der Waals surface area contributed by atoms with E-state index in [1.807, 2.05) is 37.3 Å². The summed E-state index contributed by atoms with van der Waals surface area (Å²) in [5.74, 6) is -3.23. The Morgan fingerprint density at radius 2 is 2.02 bits per heavy atom. The van der Waals surface area contributed by atoms with E-state index in [9.17, 15) is 24.3 Å². The zero-order chi connectivity index (χ0) is 30.3. The lowest BCUT2D eigenvalue weighted by Crippen LogP contribution is -2.56. The van der Waals surface area contributed by atoms with Crippen LogP contribution in [0.15, 0.2) is 55.6 Å². The van der Waals surface area contributed by atoms with Crippen molar-refractivity contribution < 1.29 is 33.8 Å². The van der Waals surface area contributed by atoms with Crippen LogP contribution in [0.4, 0.5) is 0 Å². The quantitative estimate of drug-likeness (QED) is 0.227. The van der Waals surface area contributed by atoms with Crippen LogP contribution in [0.5, 0.6) is 0 Å². The van der Waals surface area contributed by atoms with Crippen LogP contribution in [0.2, 0.25) is 0 Å². The van der Waals surface area contributed by atoms with E-state index < -0.39 is 41.7 Å². The molecule has 4 rings (SSSR count). The fraction of sp³-hybridized carbons (Fsp3) is 0.562. The lowest BCUT2D eigenvalue weighted by Gasteiger charge is -2.36. The lowest BCUT2D eigenvalue weighted by atomic mass is 9.70. The molecule has 2 bridgehead atoms. The summed E-state index contributed by atoms with van der Waals surface area (Å²) >= 11 is 0. The summed E-state index contributed by atoms with van der Waals surface area (Å²) < 4.78 is 12.5. The van der Waals surface area contributed by atoms with Crippen LogP contribution < -0.4 is 5.32 Å². The number of rotatable bonds is 16. The SMILES string of the molecule is C=CCCC(=O)NC[C@@H](OC(=O)[C@@H]1[C@H]2C(=O)N(CCO)[C@H](C(=O)N(CC=C)CCCC)[C@]23CC[C@H]1O3)c1ccccc1. The lowest BCUT2D eigenvalue weighted by molar-refractivity contribution is -0.160. The fourth-order valence-electron chi connectivity index (χ4n) is 6.66. The van der Waals surface area contributed by atoms with E-state index in [1.165, 1.54) is 4.90 Å². The van der Waals surface area contributed by atoms with Crippen LogP contribution in [-0.2, 0) is 28.7 Å². The van der Waals surface area contributed by atoms with Crippen LogP contribution in [0, 0.1) is 11.8 Å². The average molecular weight is 582 g/mol. The van der Waals surface area contributed by atoms with Gasteiger partial charge in [-0.2, -0.15) is 0 Å². The molecule has 3 heterocycles. The molecule has 10 nitrogen and oxygen atoms in total. The largest absolute Gasteiger partial charge is 0.455 e. The van der Waals surface area contributed by atoms with E-state index >= 15 is 0 Å². The van der Waals surface area contributed by atoms with E-state index in [0.29, 0.717) is 37.9 Å². The monoisotopic (exact) mass is 581 g/mol. The Hall–Kier alpha value is -3.50. The van der Waals surface area contributed by atoms with Crippen molar-refractivity contribution >= 4 is 23.7 Å². The molecule has 10 heteroatoms. The van der Waals surface area contributed by atoms with E-state index in [0.717, 1.165) is 12.8 Å². The van der Waals surface area contributed by atoms with Gasteiger partial charge in [-0.15, -0.1) is 13.2 Å². The molecule has 6 atom stereocenters. The third-order valence-electron chi connectivity index (χ3n) is 8.58. The van der Waals surface area contributed by atoms with Crippen LogP contribution in [-0.4, -0.2) is 89.1 Å². The molecule has 1 aromatic carbocycles. The molecular formula is C32H43N3O7. The Morgan fingerprint density at radius 1 is 1.26 bits per heavy atom. The van der Waals surface area contributed by atoms with Gasteiger partial charge >= 0.3 is 5.97 Å². The zero-order valence-corrected chi connectivity index (χ0v) is 24.4. The Morgan fingerprint density at radius 3 is 2.69 bits per heavy atom. The number of allylic oxidation sites excluding steroid dienone is 1. The number of hydrogen-bond acceptors (Lipinski definition) is 7. The minimum absolute atomic E-state index is 0.0393. The van der Waals surface area contributed by atoms with Gasteiger partial charge in [-0.25, -0.2) is 0 Å². The van der Waals surface area contributed by atoms with Crippen LogP contribution in [0.1, 0.15) is 57.1 Å². The summed E-state index contributed by atoms with van der Waals surface area (Å²) in [4.78, 5) is 57.2. The predicted octanol–water partition coefficient (Wildman–Crippen LogP) is 2.53. The number of carbonyl (C=O) groups excluding carboxylic acids is 4. The summed E-state index contributed by atoms with van der Waals surface area (Å²) in [6, 6.07) is 8.17. The van der Waals surface area contributed by atoms with Crippen molar-refractivity contribution in [1.29, 1.82) is 0 Å². The van der Waals surface area contributed by atoms with Crippen molar-refractivity contribution in [2.75, 3.05) is 32.8 Å². The van der Waals surface area contributed by atoms with Crippen molar-refractivity contribution in [3.63, 3.8) is 0 Å². The molecule has 0 aromatic heterocycles. The van der Waals surface area contributed by atoms with E-state index in [1.54, 1.807) is 17.1 Å². The van der Waals surface area contributed by atoms with Crippen LogP contribution in [0.3, 0.4) is 0 Å². The number of ether oxygens (including phenoxy) is 2. The number of esters is 1. The predicted molar refractivity (Wildman–Crippen MR) is 156 cm³/mol. The molecule has 3 aliphatic rings. The molecule has 3 aliphatic heterocycles. The molecule has 0 unspecified atom stereocenters. The highest BCUT2D eigenvalue weighted by Crippen LogP contribution is 2.59. The third-order valence-corrected chi connectivity index (χ3v) is 8.58. The Bertz CT molecular complexity index is 1160. The number of benzene rings is 1. The number of unbranched alkanes of at least 4 members (excludes halogenated alkanes) is 1. The molecule has 3 saturated heterocycles. The first kappa shape index (κ1) is 31.4. The first-order chi connectivity index (χ1) is 20.3. The zero-order valence-electron chi connectivity index (χ0n) is 24.4. The van der Waals surface area contributed by atoms with Crippen molar-refractivity contribution in [2.45, 2.75) is 69.3 Å². The number of carbonyl (C=O) groups is 4. The third kappa shape index (κ3) is 6.15. The Labute approximate surface area is 247 Å². The standard InChI is InChI=1S/C32H43N3O7/c1-4-7-14-25(37)33-21-24(22-12-10-9-11-13-22)41-31(40)26-23-15-16-32(42-23)27(26)29(38)35(19-20-36)28(32)30(39)34(17-6-3)18-8-5-2/h4,6,9-13,23-24,26-28,36H,1,3,5,7-8,14-21H2,2H3,(H,33,37)/t23-,24-,26+,27+,28-,32+/m1/s1. The normalized spacial score (nSPS) is 26.4. The highest BCUT2D eigenvalue weighted by atomic mass is 16.6. The van der Waals surface area contributed by atoms with Gasteiger partial charge in [-0.1, -0.05) is 55.8 Å². The molecule has 3 fully saturated rings. The number of nitrogens with one attached hydrogen (secondary N) is 1. The second-order valence-corrected chi connectivity index (χ2v) is 11.2. The van der Waals surface area contributed by atoms with Gasteiger partial charge in [0.25, 0.3) is 0 Å². The van der Waals surface area contributed by atoms with E-state index in [2.05, 4.69) is 18.5 Å². The minimum atomic E-state index is -1.18. The number of likely N-dealkylation sites (tertiary alicyclic amines) is 1. The number of nitrogens with zero attached hydrogens (tertiary/aromatic N) is 2. The Balaban J connectivity index is 1.60. The molecule has 0 radical (unpaired) electrons. The molecule has 0 saturated carbocycles. The van der Waals surface area contributed by atoms with Crippen LogP contribution >= 0.6 is 0 Å². The highest BCUT2D eigenvalue weighted by Gasteiger charge is 2.75. The van der Waals surface area contributed by atoms with Crippen molar-refractivity contribution in [2.24, 2.45) is 11.8 Å². The topological polar surface area (TPSA) is 125 Å². The highest BCUT2D eigenvalue weighted by molar-refractivity contribution is 5.98. The van der Waals surface area contributed by atoms with Gasteiger partial charge in [-0.3, -0.25) is 19.2 Å². The van der Waals surface area contributed by atoms with Gasteiger partial charge in [0.1, 0.15) is 17.7 Å². The van der Waals surface area contributed by atoms with Crippen LogP contribution in [0.25, 0.3) is 0 Å². The molecule has 3 amide bonds. The number of aliphatic hydroxyl groups is 1. The fourth-order valence-corrected chi connectivity index (χ4v) is 6.66. The van der Waals surface area contributed by atoms with Gasteiger partial charge in [0, 0.05) is 26.1 Å². The van der Waals surface area contributed by atoms with Gasteiger partial charge in [-0.05, 0) is 31.2 Å². The number of amides is 3. The summed E-state index contributed by atoms with van der Waals surface area (Å²) in [5, 5.41) is 12.7. The molecule has 42 heavy (non-hydrogen) atoms. The first-order valence-electron chi connectivity index (χ1n) is 14.9. The summed E-state index contributed by atoms with van der Waals surface area (Å²) in [7, 11) is 0. The van der Waals surface area contributed by atoms with E-state index in [-0.39, 0.29) is 43.8 Å². The summed E-state index contributed by atoms with van der Waals surface area (Å²) in [6.07, 6.45) is 5.41. The second kappa shape index (κ2) is 14.1. The molecular weight excluding hydrogens is 538 g/mol. The molecule has 2 N–H and O–H groups in total. The second-order valence-electron chi connectivity index (χ2n) is 11.2. The minimum Gasteiger partial charge on any atom is -0.455 e. The number of hydrogen-bond donors (Lipinski definition) is 2. The number of aliphatic hydroxyl groups excluding tert-OH is 1. The van der Waals surface area contributed by atoms with Gasteiger partial charge in [0.2, 0.25) is 17.7 Å². The van der Waals surface area contributed by atoms with Crippen molar-refractivity contribution in [3.8, 4) is 0 Å². The maximum absolute atomic E-state index is 14.0. The van der Waals surface area contributed by atoms with Crippen molar-refractivity contribution in [1.82, 2.24) is 15.1 Å². The maximum atomic E-state index is 14.0. The maximum Gasteiger partial charge on any atom is 0.313 e. The van der Waals surface area contributed by atoms with Gasteiger partial charge in [0.05, 0.1) is 31.1 Å². The number of β-amino-alcohol motifs (C(OH)–C–C–N with tert-alkyl or cyclic N) is 1. The first-order valence-corrected chi connectivity index (χ1v) is 14.9. The average Bonchev–Trinajstić information content (AvgIpc) is 3.64. The van der Waals surface area contributed by atoms with E-state index in [4.69, 9.17) is 9.47 Å². The molecule has 0 aliphatic carbocycles. The molecule has 228 valence electrons. The molecule has 1 aromatic rings. The smallest absolute Gasteiger partial charge is 0.313 e. The van der Waals surface area contributed by atoms with Gasteiger partial charge in [0.15, 0.2) is 0 Å².